The molecule has 0 saturated heterocycles. The van der Waals surface area contributed by atoms with Crippen molar-refractivity contribution in [2.75, 3.05) is 13.2 Å². The third-order valence-corrected chi connectivity index (χ3v) is 16.2. The van der Waals surface area contributed by atoms with Crippen LogP contribution in [0.25, 0.3) is 0 Å². The minimum Gasteiger partial charge on any atom is -0.466 e. The van der Waals surface area contributed by atoms with Crippen LogP contribution in [-0.2, 0) is 14.3 Å². The molecule has 0 saturated carbocycles. The molecule has 0 aromatic carbocycles. The first-order chi connectivity index (χ1) is 37.5. The van der Waals surface area contributed by atoms with E-state index in [-0.39, 0.29) is 18.5 Å². The van der Waals surface area contributed by atoms with Gasteiger partial charge in [0, 0.05) is 12.8 Å². The second-order valence-corrected chi connectivity index (χ2v) is 23.9. The number of aliphatic hydroxyl groups excluding tert-OH is 2. The molecule has 0 fully saturated rings. The van der Waals surface area contributed by atoms with Gasteiger partial charge in [0.05, 0.1) is 25.4 Å². The Kier molecular flexibility index (Phi) is 64.4. The average molecular weight is 1070 g/mol. The monoisotopic (exact) mass is 1070 g/mol. The summed E-state index contributed by atoms with van der Waals surface area (Å²) in [6.07, 6.45) is 82.4. The number of esters is 1. The Balaban J connectivity index is 3.42. The van der Waals surface area contributed by atoms with Crippen molar-refractivity contribution < 1.29 is 24.5 Å². The highest BCUT2D eigenvalue weighted by atomic mass is 16.5. The van der Waals surface area contributed by atoms with Crippen LogP contribution >= 0.6 is 0 Å². The lowest BCUT2D eigenvalue weighted by atomic mass is 10.0. The average Bonchev–Trinajstić information content (AvgIpc) is 3.42. The van der Waals surface area contributed by atoms with Crippen molar-refractivity contribution >= 4 is 11.9 Å². The Morgan fingerprint density at radius 1 is 0.355 bits per heavy atom. The van der Waals surface area contributed by atoms with Crippen molar-refractivity contribution in [3.8, 4) is 0 Å². The third kappa shape index (κ3) is 61.6. The topological polar surface area (TPSA) is 95.9 Å². The zero-order chi connectivity index (χ0) is 55.0. The number of aliphatic hydroxyl groups is 2. The number of amides is 1. The molecule has 0 heterocycles. The summed E-state index contributed by atoms with van der Waals surface area (Å²) in [6, 6.07) is -0.632. The van der Waals surface area contributed by atoms with Crippen molar-refractivity contribution in [1.82, 2.24) is 5.32 Å². The molecule has 0 aliphatic heterocycles. The highest BCUT2D eigenvalue weighted by Crippen LogP contribution is 2.18. The molecular formula is C70H135NO5. The summed E-state index contributed by atoms with van der Waals surface area (Å²) >= 11 is 0. The SMILES string of the molecule is CCCCCCCCCCCCCCCCCCCC/C=C/C(O)C(CO)NC(=O)CCCCCCCCCC/C=C\CCCCCCCCCCCCCCOC(=O)CCCCCCCCCCCCCCCCC. The lowest BCUT2D eigenvalue weighted by Crippen LogP contribution is -2.45. The number of hydrogen-bond donors (Lipinski definition) is 3. The highest BCUT2D eigenvalue weighted by Gasteiger charge is 2.18. The van der Waals surface area contributed by atoms with Crippen LogP contribution in [-0.4, -0.2) is 47.4 Å². The van der Waals surface area contributed by atoms with Crippen molar-refractivity contribution in [2.24, 2.45) is 0 Å². The summed E-state index contributed by atoms with van der Waals surface area (Å²) in [6.45, 7) is 4.94. The predicted octanol–water partition coefficient (Wildman–Crippen LogP) is 22.1. The lowest BCUT2D eigenvalue weighted by molar-refractivity contribution is -0.143. The van der Waals surface area contributed by atoms with Gasteiger partial charge in [-0.2, -0.15) is 0 Å². The summed E-state index contributed by atoms with van der Waals surface area (Å²) in [5, 5.41) is 23.2. The molecule has 76 heavy (non-hydrogen) atoms. The number of nitrogens with one attached hydrogen (secondary N) is 1. The molecular weight excluding hydrogens is 935 g/mol. The van der Waals surface area contributed by atoms with E-state index < -0.39 is 12.1 Å². The molecule has 2 atom stereocenters. The van der Waals surface area contributed by atoms with E-state index in [0.29, 0.717) is 19.4 Å². The van der Waals surface area contributed by atoms with E-state index in [4.69, 9.17) is 4.74 Å². The highest BCUT2D eigenvalue weighted by molar-refractivity contribution is 5.76. The molecule has 3 N–H and O–H groups in total. The maximum absolute atomic E-state index is 12.5. The van der Waals surface area contributed by atoms with Crippen molar-refractivity contribution in [1.29, 1.82) is 0 Å². The molecule has 0 radical (unpaired) electrons. The first-order valence-corrected chi connectivity index (χ1v) is 34.6. The van der Waals surface area contributed by atoms with E-state index >= 15 is 0 Å². The van der Waals surface area contributed by atoms with Gasteiger partial charge in [0.1, 0.15) is 0 Å². The zero-order valence-electron chi connectivity index (χ0n) is 51.5. The van der Waals surface area contributed by atoms with Crippen LogP contribution in [0.1, 0.15) is 386 Å². The van der Waals surface area contributed by atoms with Gasteiger partial charge in [0.2, 0.25) is 5.91 Å². The molecule has 0 bridgehead atoms. The van der Waals surface area contributed by atoms with Crippen molar-refractivity contribution in [3.63, 3.8) is 0 Å². The molecule has 450 valence electrons. The molecule has 6 heteroatoms. The van der Waals surface area contributed by atoms with Gasteiger partial charge in [-0.1, -0.05) is 340 Å². The molecule has 0 spiro atoms. The fourth-order valence-electron chi connectivity index (χ4n) is 10.9. The summed E-state index contributed by atoms with van der Waals surface area (Å²) in [5.41, 5.74) is 0. The Labute approximate surface area is 475 Å². The number of unbranched alkanes of at least 4 members (excludes halogenated alkanes) is 52. The maximum Gasteiger partial charge on any atom is 0.305 e. The number of hydrogen-bond acceptors (Lipinski definition) is 5. The molecule has 0 aliphatic rings. The Hall–Kier alpha value is -1.66. The Morgan fingerprint density at radius 2 is 0.618 bits per heavy atom. The van der Waals surface area contributed by atoms with E-state index in [9.17, 15) is 19.8 Å². The molecule has 6 nitrogen and oxygen atoms in total. The second kappa shape index (κ2) is 65.9. The van der Waals surface area contributed by atoms with Crippen LogP contribution in [0.5, 0.6) is 0 Å². The van der Waals surface area contributed by atoms with Gasteiger partial charge in [-0.15, -0.1) is 0 Å². The minimum absolute atomic E-state index is 0.0157. The summed E-state index contributed by atoms with van der Waals surface area (Å²) in [5.74, 6) is -0.0532. The number of carbonyl (C=O) groups is 2. The van der Waals surface area contributed by atoms with E-state index in [2.05, 4.69) is 31.3 Å². The standard InChI is InChI=1S/C70H135NO5/c1-3-5-7-9-11-13-15-17-19-20-21-28-31-35-38-42-46-50-54-58-62-68(73)67(66-72)71-69(74)63-59-55-51-47-43-39-36-32-29-26-24-22-23-25-27-30-33-37-41-45-49-53-57-61-65-76-70(75)64-60-56-52-48-44-40-34-18-16-14-12-10-8-6-4-2/h24,26,58,62,67-68,72-73H,3-23,25,27-57,59-61,63-66H2,1-2H3,(H,71,74)/b26-24-,62-58+. The van der Waals surface area contributed by atoms with Crippen LogP contribution in [0.2, 0.25) is 0 Å². The van der Waals surface area contributed by atoms with Crippen LogP contribution in [0.4, 0.5) is 0 Å². The van der Waals surface area contributed by atoms with Gasteiger partial charge in [0.15, 0.2) is 0 Å². The lowest BCUT2D eigenvalue weighted by Gasteiger charge is -2.20. The zero-order valence-corrected chi connectivity index (χ0v) is 51.5. The predicted molar refractivity (Wildman–Crippen MR) is 333 cm³/mol. The molecule has 2 unspecified atom stereocenters. The van der Waals surface area contributed by atoms with E-state index in [1.165, 1.54) is 321 Å². The van der Waals surface area contributed by atoms with E-state index in [0.717, 1.165) is 38.5 Å². The number of allylic oxidation sites excluding steroid dienone is 3. The number of carbonyl (C=O) groups excluding carboxylic acids is 2. The smallest absolute Gasteiger partial charge is 0.305 e. The summed E-state index contributed by atoms with van der Waals surface area (Å²) in [7, 11) is 0. The largest absolute Gasteiger partial charge is 0.466 e. The second-order valence-electron chi connectivity index (χ2n) is 23.9. The summed E-state index contributed by atoms with van der Waals surface area (Å²) < 4.78 is 5.50. The fraction of sp³-hybridized carbons (Fsp3) is 0.914. The molecule has 0 aromatic heterocycles. The first kappa shape index (κ1) is 74.3. The van der Waals surface area contributed by atoms with Gasteiger partial charge < -0.3 is 20.3 Å². The van der Waals surface area contributed by atoms with Gasteiger partial charge in [0.25, 0.3) is 0 Å². The maximum atomic E-state index is 12.5. The molecule has 0 aliphatic carbocycles. The Bertz CT molecular complexity index is 1190. The Morgan fingerprint density at radius 3 is 0.934 bits per heavy atom. The van der Waals surface area contributed by atoms with Crippen LogP contribution < -0.4 is 5.32 Å². The van der Waals surface area contributed by atoms with Crippen molar-refractivity contribution in [3.05, 3.63) is 24.3 Å². The fourth-order valence-corrected chi connectivity index (χ4v) is 10.9. The van der Waals surface area contributed by atoms with Crippen LogP contribution in [0.15, 0.2) is 24.3 Å². The number of ether oxygens (including phenoxy) is 1. The van der Waals surface area contributed by atoms with Gasteiger partial charge in [-0.25, -0.2) is 0 Å². The quantitative estimate of drug-likeness (QED) is 0.0320. The van der Waals surface area contributed by atoms with Crippen LogP contribution in [0, 0.1) is 0 Å². The molecule has 0 aromatic rings. The normalized spacial score (nSPS) is 12.6. The summed E-state index contributed by atoms with van der Waals surface area (Å²) in [4.78, 5) is 24.6. The number of rotatable bonds is 65. The minimum atomic E-state index is -0.848. The van der Waals surface area contributed by atoms with Gasteiger partial charge in [-0.05, 0) is 57.8 Å². The van der Waals surface area contributed by atoms with E-state index in [1.807, 2.05) is 6.08 Å². The van der Waals surface area contributed by atoms with E-state index in [1.54, 1.807) is 6.08 Å². The first-order valence-electron chi connectivity index (χ1n) is 34.6. The van der Waals surface area contributed by atoms with Crippen LogP contribution in [0.3, 0.4) is 0 Å². The van der Waals surface area contributed by atoms with Gasteiger partial charge in [-0.3, -0.25) is 9.59 Å². The molecule has 0 rings (SSSR count). The van der Waals surface area contributed by atoms with Gasteiger partial charge >= 0.3 is 5.97 Å². The third-order valence-electron chi connectivity index (χ3n) is 16.2. The molecule has 1 amide bonds. The van der Waals surface area contributed by atoms with Crippen molar-refractivity contribution in [2.45, 2.75) is 398 Å².